The first-order valence-corrected chi connectivity index (χ1v) is 9.43. The van der Waals surface area contributed by atoms with E-state index in [0.29, 0.717) is 41.9 Å². The molecule has 2 aromatic carbocycles. The van der Waals surface area contributed by atoms with Gasteiger partial charge in [-0.25, -0.2) is 0 Å². The second-order valence-electron chi connectivity index (χ2n) is 7.22. The maximum atomic E-state index is 12.7. The van der Waals surface area contributed by atoms with Gasteiger partial charge < -0.3 is 18.9 Å². The Morgan fingerprint density at radius 3 is 2.66 bits per heavy atom. The van der Waals surface area contributed by atoms with Gasteiger partial charge in [-0.3, -0.25) is 4.79 Å². The summed E-state index contributed by atoms with van der Waals surface area (Å²) in [6, 6.07) is 11.5. The van der Waals surface area contributed by atoms with Crippen molar-refractivity contribution in [1.29, 1.82) is 0 Å². The van der Waals surface area contributed by atoms with Crippen molar-refractivity contribution in [2.45, 2.75) is 26.2 Å². The van der Waals surface area contributed by atoms with Crippen LogP contribution < -0.4 is 14.4 Å². The molecule has 1 saturated heterocycles. The summed E-state index contributed by atoms with van der Waals surface area (Å²) in [4.78, 5) is 19.0. The maximum absolute atomic E-state index is 12.7. The minimum atomic E-state index is -0.165. The van der Waals surface area contributed by atoms with Crippen LogP contribution in [-0.2, 0) is 4.79 Å². The minimum Gasteiger partial charge on any atom is -0.497 e. The van der Waals surface area contributed by atoms with Crippen LogP contribution in [0.15, 0.2) is 40.9 Å². The van der Waals surface area contributed by atoms with Gasteiger partial charge in [0.25, 0.3) is 0 Å². The Morgan fingerprint density at radius 1 is 1.10 bits per heavy atom. The summed E-state index contributed by atoms with van der Waals surface area (Å²) < 4.78 is 16.2. The number of nitrogens with zero attached hydrogens (tertiary/aromatic N) is 3. The van der Waals surface area contributed by atoms with Crippen LogP contribution >= 0.6 is 0 Å². The number of hydrogen-bond donors (Lipinski definition) is 0. The average Bonchev–Trinajstić information content (AvgIpc) is 3.34. The molecule has 1 aliphatic heterocycles. The van der Waals surface area contributed by atoms with E-state index in [1.807, 2.05) is 38.1 Å². The summed E-state index contributed by atoms with van der Waals surface area (Å²) in [7, 11) is 3.17. The van der Waals surface area contributed by atoms with Crippen molar-refractivity contribution < 1.29 is 18.8 Å². The monoisotopic (exact) mass is 393 g/mol. The smallest absolute Gasteiger partial charge is 0.232 e. The van der Waals surface area contributed by atoms with Crippen molar-refractivity contribution in [3.8, 4) is 22.9 Å². The van der Waals surface area contributed by atoms with Crippen LogP contribution in [0.25, 0.3) is 11.4 Å². The third kappa shape index (κ3) is 3.55. The van der Waals surface area contributed by atoms with E-state index in [9.17, 15) is 4.79 Å². The number of hydrogen-bond acceptors (Lipinski definition) is 6. The van der Waals surface area contributed by atoms with E-state index in [1.54, 1.807) is 25.2 Å². The third-order valence-electron chi connectivity index (χ3n) is 5.22. The highest BCUT2D eigenvalue weighted by Gasteiger charge is 2.36. The first-order chi connectivity index (χ1) is 14.0. The van der Waals surface area contributed by atoms with Crippen LogP contribution in [0.5, 0.6) is 11.5 Å². The molecule has 0 spiro atoms. The Bertz CT molecular complexity index is 1060. The highest BCUT2D eigenvalue weighted by atomic mass is 16.5. The molecule has 0 aliphatic carbocycles. The molecule has 1 atom stereocenters. The zero-order valence-electron chi connectivity index (χ0n) is 16.9. The number of carbonyl (C=O) groups is 1. The lowest BCUT2D eigenvalue weighted by molar-refractivity contribution is -0.117. The van der Waals surface area contributed by atoms with E-state index >= 15 is 0 Å². The van der Waals surface area contributed by atoms with Crippen molar-refractivity contribution in [1.82, 2.24) is 10.1 Å². The first-order valence-electron chi connectivity index (χ1n) is 9.43. The number of ether oxygens (including phenoxy) is 2. The fraction of sp³-hybridized carbons (Fsp3) is 0.318. The van der Waals surface area contributed by atoms with Crippen molar-refractivity contribution >= 4 is 11.6 Å². The zero-order chi connectivity index (χ0) is 20.5. The minimum absolute atomic E-state index is 0.00951. The van der Waals surface area contributed by atoms with Crippen molar-refractivity contribution in [3.63, 3.8) is 0 Å². The predicted molar refractivity (Wildman–Crippen MR) is 108 cm³/mol. The normalized spacial score (nSPS) is 16.3. The molecule has 1 amide bonds. The van der Waals surface area contributed by atoms with Gasteiger partial charge in [0.2, 0.25) is 17.6 Å². The zero-order valence-corrected chi connectivity index (χ0v) is 16.9. The number of anilines is 1. The standard InChI is InChI=1S/C22H23N3O4/c1-13-5-7-17(14(2)9-13)21-23-22(29-24-21)15-10-20(26)25(12-15)18-8-6-16(27-3)11-19(18)28-4/h5-9,11,15H,10,12H2,1-4H3. The Morgan fingerprint density at radius 2 is 1.93 bits per heavy atom. The molecular formula is C22H23N3O4. The molecule has 29 heavy (non-hydrogen) atoms. The largest absolute Gasteiger partial charge is 0.497 e. The van der Waals surface area contributed by atoms with Gasteiger partial charge in [-0.1, -0.05) is 28.9 Å². The summed E-state index contributed by atoms with van der Waals surface area (Å²) in [6.45, 7) is 4.52. The SMILES string of the molecule is COc1ccc(N2CC(c3nc(-c4ccc(C)cc4C)no3)CC2=O)c(OC)c1. The van der Waals surface area contributed by atoms with Gasteiger partial charge in [0.15, 0.2) is 0 Å². The highest BCUT2D eigenvalue weighted by molar-refractivity contribution is 5.97. The number of aryl methyl sites for hydroxylation is 2. The molecule has 1 unspecified atom stereocenters. The molecule has 1 fully saturated rings. The van der Waals surface area contributed by atoms with E-state index in [1.165, 1.54) is 5.56 Å². The number of methoxy groups -OCH3 is 2. The Labute approximate surface area is 169 Å². The third-order valence-corrected chi connectivity index (χ3v) is 5.22. The summed E-state index contributed by atoms with van der Waals surface area (Å²) in [5, 5.41) is 4.14. The summed E-state index contributed by atoms with van der Waals surface area (Å²) >= 11 is 0. The number of rotatable bonds is 5. The van der Waals surface area contributed by atoms with Crippen LogP contribution in [0.1, 0.15) is 29.4 Å². The molecule has 7 heteroatoms. The Kier molecular flexibility index (Phi) is 4.96. The molecule has 0 saturated carbocycles. The van der Waals surface area contributed by atoms with Gasteiger partial charge >= 0.3 is 0 Å². The summed E-state index contributed by atoms with van der Waals surface area (Å²) in [6.07, 6.45) is 0.309. The number of aromatic nitrogens is 2. The lowest BCUT2D eigenvalue weighted by Crippen LogP contribution is -2.24. The van der Waals surface area contributed by atoms with Crippen molar-refractivity contribution in [3.05, 3.63) is 53.4 Å². The number of carbonyl (C=O) groups excluding carboxylic acids is 1. The first kappa shape index (κ1) is 19.0. The molecular weight excluding hydrogens is 370 g/mol. The van der Waals surface area contributed by atoms with Crippen LogP contribution in [-0.4, -0.2) is 36.8 Å². The van der Waals surface area contributed by atoms with Gasteiger partial charge in [0.05, 0.1) is 25.8 Å². The van der Waals surface area contributed by atoms with Crippen LogP contribution in [0, 0.1) is 13.8 Å². The summed E-state index contributed by atoms with van der Waals surface area (Å²) in [5.74, 6) is 2.10. The highest BCUT2D eigenvalue weighted by Crippen LogP contribution is 2.38. The van der Waals surface area contributed by atoms with E-state index in [0.717, 1.165) is 11.1 Å². The molecule has 1 aromatic heterocycles. The van der Waals surface area contributed by atoms with Crippen molar-refractivity contribution in [2.75, 3.05) is 25.7 Å². The van der Waals surface area contributed by atoms with Gasteiger partial charge in [0.1, 0.15) is 11.5 Å². The molecule has 7 nitrogen and oxygen atoms in total. The summed E-state index contributed by atoms with van der Waals surface area (Å²) in [5.41, 5.74) is 3.91. The average molecular weight is 393 g/mol. The second kappa shape index (κ2) is 7.58. The molecule has 0 radical (unpaired) electrons. The Hall–Kier alpha value is -3.35. The fourth-order valence-electron chi connectivity index (χ4n) is 3.69. The topological polar surface area (TPSA) is 77.7 Å². The fourth-order valence-corrected chi connectivity index (χ4v) is 3.69. The van der Waals surface area contributed by atoms with E-state index in [-0.39, 0.29) is 11.8 Å². The van der Waals surface area contributed by atoms with Gasteiger partial charge in [-0.15, -0.1) is 0 Å². The number of amides is 1. The van der Waals surface area contributed by atoms with E-state index in [2.05, 4.69) is 16.2 Å². The van der Waals surface area contributed by atoms with E-state index < -0.39 is 0 Å². The molecule has 4 rings (SSSR count). The van der Waals surface area contributed by atoms with Gasteiger partial charge in [-0.05, 0) is 31.5 Å². The van der Waals surface area contributed by atoms with Crippen LogP contribution in [0.2, 0.25) is 0 Å². The molecule has 0 bridgehead atoms. The predicted octanol–water partition coefficient (Wildman–Crippen LogP) is 3.89. The van der Waals surface area contributed by atoms with E-state index in [4.69, 9.17) is 14.0 Å². The molecule has 0 N–H and O–H groups in total. The molecule has 150 valence electrons. The van der Waals surface area contributed by atoms with Gasteiger partial charge in [0, 0.05) is 24.6 Å². The lowest BCUT2D eigenvalue weighted by atomic mass is 10.1. The maximum Gasteiger partial charge on any atom is 0.232 e. The Balaban J connectivity index is 1.58. The quantitative estimate of drug-likeness (QED) is 0.654. The van der Waals surface area contributed by atoms with Crippen LogP contribution in [0.3, 0.4) is 0 Å². The second-order valence-corrected chi connectivity index (χ2v) is 7.22. The van der Waals surface area contributed by atoms with Crippen LogP contribution in [0.4, 0.5) is 5.69 Å². The molecule has 3 aromatic rings. The molecule has 1 aliphatic rings. The van der Waals surface area contributed by atoms with Crippen molar-refractivity contribution in [2.24, 2.45) is 0 Å². The number of benzene rings is 2. The lowest BCUT2D eigenvalue weighted by Gasteiger charge is -2.19. The molecule has 2 heterocycles. The van der Waals surface area contributed by atoms with Gasteiger partial charge in [-0.2, -0.15) is 4.98 Å².